The van der Waals surface area contributed by atoms with Crippen molar-refractivity contribution in [3.05, 3.63) is 51.9 Å². The summed E-state index contributed by atoms with van der Waals surface area (Å²) in [5.74, 6) is -1.19. The van der Waals surface area contributed by atoms with Gasteiger partial charge in [-0.15, -0.1) is 0 Å². The van der Waals surface area contributed by atoms with Crippen LogP contribution in [0.25, 0.3) is 11.0 Å². The Bertz CT molecular complexity index is 965. The van der Waals surface area contributed by atoms with E-state index in [1.54, 1.807) is 7.05 Å². The van der Waals surface area contributed by atoms with E-state index >= 15 is 0 Å². The molecule has 7 nitrogen and oxygen atoms in total. The van der Waals surface area contributed by atoms with Crippen LogP contribution >= 0.6 is 11.6 Å². The highest BCUT2D eigenvalue weighted by molar-refractivity contribution is 6.30. The van der Waals surface area contributed by atoms with E-state index in [4.69, 9.17) is 11.6 Å². The van der Waals surface area contributed by atoms with E-state index in [1.165, 1.54) is 29.3 Å². The molecule has 118 valence electrons. The highest BCUT2D eigenvalue weighted by Gasteiger charge is 2.12. The number of hydrogen-bond acceptors (Lipinski definition) is 4. The van der Waals surface area contributed by atoms with Crippen molar-refractivity contribution in [1.29, 1.82) is 0 Å². The molecule has 1 amide bonds. The van der Waals surface area contributed by atoms with Crippen molar-refractivity contribution in [3.8, 4) is 0 Å². The minimum atomic E-state index is -0.615. The Morgan fingerprint density at radius 3 is 3.00 bits per heavy atom. The quantitative estimate of drug-likeness (QED) is 0.787. The summed E-state index contributed by atoms with van der Waals surface area (Å²) in [4.78, 5) is 28.3. The summed E-state index contributed by atoms with van der Waals surface area (Å²) in [5.41, 5.74) is -0.0247. The average molecular weight is 336 g/mol. The Labute approximate surface area is 134 Å². The fourth-order valence-electron chi connectivity index (χ4n) is 2.12. The fraction of sp³-hybridized carbons (Fsp3) is 0.143. The van der Waals surface area contributed by atoms with Crippen molar-refractivity contribution in [2.24, 2.45) is 7.05 Å². The van der Waals surface area contributed by atoms with Gasteiger partial charge in [-0.2, -0.15) is 5.10 Å². The Morgan fingerprint density at radius 2 is 2.22 bits per heavy atom. The van der Waals surface area contributed by atoms with Crippen molar-refractivity contribution in [3.63, 3.8) is 0 Å². The molecule has 0 bridgehead atoms. The summed E-state index contributed by atoms with van der Waals surface area (Å²) in [6.07, 6.45) is 2.63. The van der Waals surface area contributed by atoms with Crippen LogP contribution in [0.15, 0.2) is 35.5 Å². The Kier molecular flexibility index (Phi) is 3.83. The lowest BCUT2D eigenvalue weighted by molar-refractivity contribution is -0.116. The zero-order valence-electron chi connectivity index (χ0n) is 12.0. The van der Waals surface area contributed by atoms with Crippen molar-refractivity contribution in [2.75, 3.05) is 5.32 Å². The second-order valence-corrected chi connectivity index (χ2v) is 5.29. The van der Waals surface area contributed by atoms with Gasteiger partial charge >= 0.3 is 0 Å². The summed E-state index contributed by atoms with van der Waals surface area (Å²) in [6, 6.07) is 3.81. The van der Waals surface area contributed by atoms with Gasteiger partial charge in [-0.3, -0.25) is 18.8 Å². The molecule has 1 N–H and O–H groups in total. The molecule has 1 aromatic carbocycles. The summed E-state index contributed by atoms with van der Waals surface area (Å²) in [5, 5.41) is 6.91. The molecule has 3 aromatic rings. The standard InChI is InChI=1S/C14H11ClFN5O2/c1-20-13-9(5-18-20)14(23)21(7-17-13)6-12(22)19-11-4-8(15)2-3-10(11)16/h2-5,7H,6H2,1H3,(H,19,22). The molecule has 0 aliphatic heterocycles. The number of fused-ring (bicyclic) bond motifs is 1. The molecule has 0 spiro atoms. The monoisotopic (exact) mass is 335 g/mol. The molecule has 3 rings (SSSR count). The molecular formula is C14H11ClFN5O2. The molecule has 0 aliphatic carbocycles. The van der Waals surface area contributed by atoms with Crippen molar-refractivity contribution in [2.45, 2.75) is 6.54 Å². The van der Waals surface area contributed by atoms with Crippen LogP contribution in [0.1, 0.15) is 0 Å². The smallest absolute Gasteiger partial charge is 0.264 e. The SMILES string of the molecule is Cn1ncc2c(=O)n(CC(=O)Nc3cc(Cl)ccc3F)cnc21. The first kappa shape index (κ1) is 15.2. The van der Waals surface area contributed by atoms with Gasteiger partial charge in [0.15, 0.2) is 5.65 Å². The van der Waals surface area contributed by atoms with Crippen LogP contribution in [0.5, 0.6) is 0 Å². The molecule has 0 saturated heterocycles. The van der Waals surface area contributed by atoms with Crippen LogP contribution in [0, 0.1) is 5.82 Å². The van der Waals surface area contributed by atoms with Gasteiger partial charge in [0.2, 0.25) is 5.91 Å². The highest BCUT2D eigenvalue weighted by Crippen LogP contribution is 2.19. The number of benzene rings is 1. The van der Waals surface area contributed by atoms with Crippen LogP contribution in [-0.4, -0.2) is 25.2 Å². The third kappa shape index (κ3) is 2.93. The molecular weight excluding hydrogens is 325 g/mol. The summed E-state index contributed by atoms with van der Waals surface area (Å²) in [7, 11) is 1.66. The van der Waals surface area contributed by atoms with Crippen LogP contribution in [0.3, 0.4) is 0 Å². The number of nitrogens with one attached hydrogen (secondary N) is 1. The van der Waals surface area contributed by atoms with Crippen LogP contribution < -0.4 is 10.9 Å². The zero-order chi connectivity index (χ0) is 16.6. The molecule has 0 saturated carbocycles. The number of carbonyl (C=O) groups excluding carboxylic acids is 1. The molecule has 0 aliphatic rings. The van der Waals surface area contributed by atoms with Crippen molar-refractivity contribution in [1.82, 2.24) is 19.3 Å². The third-order valence-corrected chi connectivity index (χ3v) is 3.47. The van der Waals surface area contributed by atoms with Crippen LogP contribution in [-0.2, 0) is 18.4 Å². The number of carbonyl (C=O) groups is 1. The number of aryl methyl sites for hydroxylation is 1. The predicted octanol–water partition coefficient (Wildman–Crippen LogP) is 1.56. The average Bonchev–Trinajstić information content (AvgIpc) is 2.88. The van der Waals surface area contributed by atoms with Gasteiger partial charge in [-0.1, -0.05) is 11.6 Å². The number of aromatic nitrogens is 4. The van der Waals surface area contributed by atoms with Gasteiger partial charge in [0.05, 0.1) is 11.9 Å². The van der Waals surface area contributed by atoms with E-state index < -0.39 is 17.3 Å². The van der Waals surface area contributed by atoms with E-state index in [0.29, 0.717) is 11.0 Å². The van der Waals surface area contributed by atoms with E-state index in [1.807, 2.05) is 0 Å². The summed E-state index contributed by atoms with van der Waals surface area (Å²) >= 11 is 5.76. The Morgan fingerprint density at radius 1 is 1.43 bits per heavy atom. The van der Waals surface area contributed by atoms with E-state index in [0.717, 1.165) is 10.6 Å². The topological polar surface area (TPSA) is 81.8 Å². The van der Waals surface area contributed by atoms with Gasteiger partial charge < -0.3 is 5.32 Å². The van der Waals surface area contributed by atoms with Crippen molar-refractivity contribution < 1.29 is 9.18 Å². The first-order chi connectivity index (χ1) is 11.0. The van der Waals surface area contributed by atoms with Gasteiger partial charge in [0, 0.05) is 12.1 Å². The number of nitrogens with zero attached hydrogens (tertiary/aromatic N) is 4. The predicted molar refractivity (Wildman–Crippen MR) is 82.8 cm³/mol. The normalized spacial score (nSPS) is 10.9. The third-order valence-electron chi connectivity index (χ3n) is 3.23. The highest BCUT2D eigenvalue weighted by atomic mass is 35.5. The van der Waals surface area contributed by atoms with Gasteiger partial charge in [-0.25, -0.2) is 9.37 Å². The Balaban J connectivity index is 1.84. The first-order valence-corrected chi connectivity index (χ1v) is 6.95. The maximum absolute atomic E-state index is 13.6. The van der Waals surface area contributed by atoms with Crippen LogP contribution in [0.4, 0.5) is 10.1 Å². The molecule has 9 heteroatoms. The zero-order valence-corrected chi connectivity index (χ0v) is 12.7. The van der Waals surface area contributed by atoms with Gasteiger partial charge in [0.1, 0.15) is 24.1 Å². The molecule has 2 heterocycles. The second kappa shape index (κ2) is 5.81. The Hall–Kier alpha value is -2.74. The van der Waals surface area contributed by atoms with Gasteiger partial charge in [-0.05, 0) is 18.2 Å². The largest absolute Gasteiger partial charge is 0.322 e. The first-order valence-electron chi connectivity index (χ1n) is 6.58. The van der Waals surface area contributed by atoms with E-state index in [9.17, 15) is 14.0 Å². The minimum absolute atomic E-state index is 0.0500. The lowest BCUT2D eigenvalue weighted by atomic mass is 10.3. The maximum atomic E-state index is 13.6. The molecule has 2 aromatic heterocycles. The molecule has 0 atom stereocenters. The lowest BCUT2D eigenvalue weighted by Crippen LogP contribution is -2.28. The van der Waals surface area contributed by atoms with E-state index in [-0.39, 0.29) is 17.3 Å². The molecule has 23 heavy (non-hydrogen) atoms. The van der Waals surface area contributed by atoms with Crippen molar-refractivity contribution >= 4 is 34.2 Å². The molecule has 0 unspecified atom stereocenters. The maximum Gasteiger partial charge on any atom is 0.264 e. The molecule has 0 radical (unpaired) electrons. The number of rotatable bonds is 3. The summed E-state index contributed by atoms with van der Waals surface area (Å²) < 4.78 is 16.2. The second-order valence-electron chi connectivity index (χ2n) is 4.86. The number of hydrogen-bond donors (Lipinski definition) is 1. The minimum Gasteiger partial charge on any atom is -0.322 e. The van der Waals surface area contributed by atoms with Gasteiger partial charge in [0.25, 0.3) is 5.56 Å². The fourth-order valence-corrected chi connectivity index (χ4v) is 2.29. The lowest BCUT2D eigenvalue weighted by Gasteiger charge is -2.08. The van der Waals surface area contributed by atoms with E-state index in [2.05, 4.69) is 15.4 Å². The molecule has 0 fully saturated rings. The number of amides is 1. The summed E-state index contributed by atoms with van der Waals surface area (Å²) in [6.45, 7) is -0.303. The van der Waals surface area contributed by atoms with Crippen LogP contribution in [0.2, 0.25) is 5.02 Å². The number of anilines is 1. The number of halogens is 2.